The zero-order valence-electron chi connectivity index (χ0n) is 12.5. The molecule has 1 amide bonds. The Hall–Kier alpha value is -1.92. The fourth-order valence-electron chi connectivity index (χ4n) is 2.63. The van der Waals surface area contributed by atoms with E-state index in [-0.39, 0.29) is 12.0 Å². The van der Waals surface area contributed by atoms with Crippen molar-refractivity contribution >= 4 is 16.8 Å². The van der Waals surface area contributed by atoms with Crippen molar-refractivity contribution in [3.63, 3.8) is 0 Å². The summed E-state index contributed by atoms with van der Waals surface area (Å²) in [4.78, 5) is 12.2. The highest BCUT2D eigenvalue weighted by Crippen LogP contribution is 2.15. The first-order chi connectivity index (χ1) is 10.8. The fourth-order valence-corrected chi connectivity index (χ4v) is 2.63. The van der Waals surface area contributed by atoms with Crippen LogP contribution < -0.4 is 5.32 Å². The predicted molar refractivity (Wildman–Crippen MR) is 82.8 cm³/mol. The van der Waals surface area contributed by atoms with Crippen LogP contribution in [-0.2, 0) is 9.47 Å². The lowest BCUT2D eigenvalue weighted by Gasteiger charge is -2.10. The van der Waals surface area contributed by atoms with E-state index in [2.05, 4.69) is 15.5 Å². The molecule has 3 rings (SSSR count). The van der Waals surface area contributed by atoms with Gasteiger partial charge < -0.3 is 14.8 Å². The zero-order valence-corrected chi connectivity index (χ0v) is 12.5. The fraction of sp³-hybridized carbons (Fsp3) is 0.500. The number of hydrogen-bond donors (Lipinski definition) is 2. The van der Waals surface area contributed by atoms with Crippen molar-refractivity contribution in [1.82, 2.24) is 15.5 Å². The Morgan fingerprint density at radius 3 is 3.32 bits per heavy atom. The molecule has 0 saturated carbocycles. The van der Waals surface area contributed by atoms with Gasteiger partial charge in [0.1, 0.15) is 0 Å². The van der Waals surface area contributed by atoms with E-state index in [1.165, 1.54) is 0 Å². The summed E-state index contributed by atoms with van der Waals surface area (Å²) >= 11 is 0. The lowest BCUT2D eigenvalue weighted by molar-refractivity contribution is 0.0166. The number of fused-ring (bicyclic) bond motifs is 1. The number of aromatic nitrogens is 2. The number of carbonyl (C=O) groups is 1. The summed E-state index contributed by atoms with van der Waals surface area (Å²) < 4.78 is 11.1. The summed E-state index contributed by atoms with van der Waals surface area (Å²) in [6.45, 7) is 2.74. The van der Waals surface area contributed by atoms with Gasteiger partial charge in [-0.2, -0.15) is 5.10 Å². The first kappa shape index (κ1) is 15.0. The number of amides is 1. The number of ether oxygens (including phenoxy) is 2. The number of hydrogen-bond acceptors (Lipinski definition) is 4. The highest BCUT2D eigenvalue weighted by atomic mass is 16.5. The van der Waals surface area contributed by atoms with Gasteiger partial charge in [-0.1, -0.05) is 6.07 Å². The average Bonchev–Trinajstić information content (AvgIpc) is 3.20. The van der Waals surface area contributed by atoms with Gasteiger partial charge in [-0.25, -0.2) is 0 Å². The van der Waals surface area contributed by atoms with Crippen molar-refractivity contribution in [2.75, 3.05) is 26.4 Å². The van der Waals surface area contributed by atoms with Crippen LogP contribution in [0, 0.1) is 0 Å². The molecule has 1 atom stereocenters. The van der Waals surface area contributed by atoms with E-state index < -0.39 is 0 Å². The van der Waals surface area contributed by atoms with Crippen molar-refractivity contribution in [3.8, 4) is 0 Å². The third-order valence-electron chi connectivity index (χ3n) is 3.81. The molecule has 2 heterocycles. The molecule has 0 aliphatic carbocycles. The molecule has 0 bridgehead atoms. The first-order valence-electron chi connectivity index (χ1n) is 7.74. The van der Waals surface area contributed by atoms with Gasteiger partial charge in [-0.05, 0) is 31.4 Å². The quantitative estimate of drug-likeness (QED) is 0.766. The Labute approximate surface area is 129 Å². The van der Waals surface area contributed by atoms with Crippen LogP contribution in [0.25, 0.3) is 10.9 Å². The molecular weight excluding hydrogens is 282 g/mol. The standard InChI is InChI=1S/C16H21N3O3/c20-16(13-5-1-6-15-14(13)10-18-19-15)17-7-3-8-21-11-12-4-2-9-22-12/h1,5-6,10,12H,2-4,7-9,11H2,(H,17,20)(H,18,19). The molecule has 0 spiro atoms. The number of nitrogens with zero attached hydrogens (tertiary/aromatic N) is 1. The van der Waals surface area contributed by atoms with Crippen molar-refractivity contribution in [2.45, 2.75) is 25.4 Å². The van der Waals surface area contributed by atoms with Gasteiger partial charge in [0.15, 0.2) is 0 Å². The van der Waals surface area contributed by atoms with Crippen molar-refractivity contribution in [3.05, 3.63) is 30.0 Å². The van der Waals surface area contributed by atoms with Gasteiger partial charge >= 0.3 is 0 Å². The van der Waals surface area contributed by atoms with Crippen molar-refractivity contribution < 1.29 is 14.3 Å². The third kappa shape index (κ3) is 3.64. The van der Waals surface area contributed by atoms with Gasteiger partial charge in [0.2, 0.25) is 0 Å². The van der Waals surface area contributed by atoms with Crippen LogP contribution in [0.2, 0.25) is 0 Å². The van der Waals surface area contributed by atoms with Crippen molar-refractivity contribution in [2.24, 2.45) is 0 Å². The molecule has 6 heteroatoms. The molecule has 2 aromatic rings. The number of nitrogens with one attached hydrogen (secondary N) is 2. The van der Waals surface area contributed by atoms with E-state index in [4.69, 9.17) is 9.47 Å². The Morgan fingerprint density at radius 2 is 2.45 bits per heavy atom. The average molecular weight is 303 g/mol. The summed E-state index contributed by atoms with van der Waals surface area (Å²) in [6.07, 6.45) is 4.94. The number of aromatic amines is 1. The molecular formula is C16H21N3O3. The monoisotopic (exact) mass is 303 g/mol. The van der Waals surface area contributed by atoms with Crippen LogP contribution in [0.4, 0.5) is 0 Å². The number of H-pyrrole nitrogens is 1. The summed E-state index contributed by atoms with van der Waals surface area (Å²) in [5, 5.41) is 10.6. The second kappa shape index (κ2) is 7.38. The van der Waals surface area contributed by atoms with Crippen LogP contribution in [0.3, 0.4) is 0 Å². The topological polar surface area (TPSA) is 76.2 Å². The molecule has 1 aromatic heterocycles. The smallest absolute Gasteiger partial charge is 0.252 e. The highest BCUT2D eigenvalue weighted by molar-refractivity contribution is 6.05. The minimum atomic E-state index is -0.0777. The van der Waals surface area contributed by atoms with Crippen LogP contribution in [-0.4, -0.2) is 48.6 Å². The van der Waals surface area contributed by atoms with E-state index >= 15 is 0 Å². The number of rotatable bonds is 7. The Kier molecular flexibility index (Phi) is 5.03. The van der Waals surface area contributed by atoms with Crippen LogP contribution in [0.1, 0.15) is 29.6 Å². The van der Waals surface area contributed by atoms with Crippen LogP contribution in [0.5, 0.6) is 0 Å². The van der Waals surface area contributed by atoms with Crippen molar-refractivity contribution in [1.29, 1.82) is 0 Å². The molecule has 6 nitrogen and oxygen atoms in total. The minimum absolute atomic E-state index is 0.0777. The third-order valence-corrected chi connectivity index (χ3v) is 3.81. The van der Waals surface area contributed by atoms with Gasteiger partial charge in [-0.3, -0.25) is 9.89 Å². The Morgan fingerprint density at radius 1 is 1.50 bits per heavy atom. The lowest BCUT2D eigenvalue weighted by atomic mass is 10.1. The van der Waals surface area contributed by atoms with E-state index in [0.29, 0.717) is 25.3 Å². The summed E-state index contributed by atoms with van der Waals surface area (Å²) in [5.74, 6) is -0.0777. The second-order valence-electron chi connectivity index (χ2n) is 5.46. The lowest BCUT2D eigenvalue weighted by Crippen LogP contribution is -2.25. The largest absolute Gasteiger partial charge is 0.379 e. The molecule has 1 aliphatic heterocycles. The van der Waals surface area contributed by atoms with E-state index in [9.17, 15) is 4.79 Å². The van der Waals surface area contributed by atoms with Gasteiger partial charge in [0, 0.05) is 25.1 Å². The molecule has 118 valence electrons. The number of carbonyl (C=O) groups excluding carboxylic acids is 1. The molecule has 22 heavy (non-hydrogen) atoms. The van der Waals surface area contributed by atoms with E-state index in [1.807, 2.05) is 12.1 Å². The van der Waals surface area contributed by atoms with Gasteiger partial charge in [-0.15, -0.1) is 0 Å². The minimum Gasteiger partial charge on any atom is -0.379 e. The molecule has 0 radical (unpaired) electrons. The number of benzene rings is 1. The second-order valence-corrected chi connectivity index (χ2v) is 5.46. The molecule has 1 aliphatic rings. The van der Waals surface area contributed by atoms with E-state index in [0.717, 1.165) is 36.8 Å². The SMILES string of the molecule is O=C(NCCCOCC1CCCO1)c1cccc2[nH]ncc12. The summed E-state index contributed by atoms with van der Waals surface area (Å²) in [7, 11) is 0. The first-order valence-corrected chi connectivity index (χ1v) is 7.74. The van der Waals surface area contributed by atoms with Crippen LogP contribution in [0.15, 0.2) is 24.4 Å². The predicted octanol–water partition coefficient (Wildman–Crippen LogP) is 1.88. The maximum absolute atomic E-state index is 12.2. The Balaban J connectivity index is 1.38. The molecule has 2 N–H and O–H groups in total. The molecule has 1 fully saturated rings. The van der Waals surface area contributed by atoms with Gasteiger partial charge in [0.05, 0.1) is 30.0 Å². The summed E-state index contributed by atoms with van der Waals surface area (Å²) in [6, 6.07) is 5.55. The van der Waals surface area contributed by atoms with Crippen LogP contribution >= 0.6 is 0 Å². The van der Waals surface area contributed by atoms with E-state index in [1.54, 1.807) is 12.3 Å². The normalized spacial score (nSPS) is 17.9. The molecule has 1 unspecified atom stereocenters. The summed E-state index contributed by atoms with van der Waals surface area (Å²) in [5.41, 5.74) is 1.51. The van der Waals surface area contributed by atoms with Gasteiger partial charge in [0.25, 0.3) is 5.91 Å². The maximum atomic E-state index is 12.2. The molecule has 1 aromatic carbocycles. The maximum Gasteiger partial charge on any atom is 0.252 e. The highest BCUT2D eigenvalue weighted by Gasteiger charge is 2.15. The Bertz CT molecular complexity index is 620. The zero-order chi connectivity index (χ0) is 15.2. The molecule has 1 saturated heterocycles.